The van der Waals surface area contributed by atoms with E-state index < -0.39 is 0 Å². The fourth-order valence-corrected chi connectivity index (χ4v) is 2.19. The van der Waals surface area contributed by atoms with E-state index >= 15 is 0 Å². The van der Waals surface area contributed by atoms with Crippen LogP contribution in [0.4, 0.5) is 11.9 Å². The molecule has 0 amide bonds. The van der Waals surface area contributed by atoms with E-state index in [9.17, 15) is 0 Å². The van der Waals surface area contributed by atoms with Crippen LogP contribution in [0.1, 0.15) is 26.2 Å². The summed E-state index contributed by atoms with van der Waals surface area (Å²) < 4.78 is 10.7. The lowest BCUT2D eigenvalue weighted by Gasteiger charge is -2.27. The fraction of sp³-hybridized carbons (Fsp3) is 0.769. The van der Waals surface area contributed by atoms with Gasteiger partial charge in [-0.1, -0.05) is 0 Å². The second-order valence-corrected chi connectivity index (χ2v) is 4.92. The van der Waals surface area contributed by atoms with Crippen molar-refractivity contribution in [3.8, 4) is 6.01 Å². The van der Waals surface area contributed by atoms with Gasteiger partial charge in [-0.15, -0.1) is 0 Å². The Labute approximate surface area is 119 Å². The Morgan fingerprint density at radius 3 is 2.60 bits per heavy atom. The van der Waals surface area contributed by atoms with Crippen molar-refractivity contribution < 1.29 is 9.47 Å². The third-order valence-electron chi connectivity index (χ3n) is 3.17. The molecule has 1 atom stereocenters. The maximum Gasteiger partial charge on any atom is 0.323 e. The van der Waals surface area contributed by atoms with Crippen molar-refractivity contribution in [3.63, 3.8) is 0 Å². The zero-order valence-corrected chi connectivity index (χ0v) is 12.4. The van der Waals surface area contributed by atoms with Crippen molar-refractivity contribution >= 4 is 11.9 Å². The van der Waals surface area contributed by atoms with Crippen LogP contribution in [0, 0.1) is 0 Å². The van der Waals surface area contributed by atoms with Gasteiger partial charge in [-0.2, -0.15) is 15.0 Å². The molecule has 112 valence electrons. The van der Waals surface area contributed by atoms with E-state index in [0.29, 0.717) is 24.5 Å². The van der Waals surface area contributed by atoms with Crippen molar-refractivity contribution in [1.29, 1.82) is 0 Å². The van der Waals surface area contributed by atoms with E-state index in [1.165, 1.54) is 19.3 Å². The molecule has 0 aromatic carbocycles. The first-order valence-corrected chi connectivity index (χ1v) is 7.07. The fourth-order valence-electron chi connectivity index (χ4n) is 2.19. The molecular weight excluding hydrogens is 258 g/mol. The van der Waals surface area contributed by atoms with Crippen LogP contribution in [0.5, 0.6) is 6.01 Å². The summed E-state index contributed by atoms with van der Waals surface area (Å²) in [7, 11) is 3.43. The Balaban J connectivity index is 2.14. The summed E-state index contributed by atoms with van der Waals surface area (Å²) in [6.07, 6.45) is 3.53. The van der Waals surface area contributed by atoms with Crippen LogP contribution < -0.4 is 15.0 Å². The van der Waals surface area contributed by atoms with Crippen LogP contribution in [0.2, 0.25) is 0 Å². The molecule has 0 aliphatic carbocycles. The van der Waals surface area contributed by atoms with Gasteiger partial charge >= 0.3 is 6.01 Å². The molecule has 1 aliphatic heterocycles. The number of hydrogen-bond donors (Lipinski definition) is 1. The molecule has 2 heterocycles. The van der Waals surface area contributed by atoms with Gasteiger partial charge < -0.3 is 19.7 Å². The number of nitrogens with zero attached hydrogens (tertiary/aromatic N) is 4. The minimum absolute atomic E-state index is 0.0960. The predicted molar refractivity (Wildman–Crippen MR) is 77.4 cm³/mol. The van der Waals surface area contributed by atoms with E-state index in [-0.39, 0.29) is 6.10 Å². The zero-order valence-electron chi connectivity index (χ0n) is 12.4. The van der Waals surface area contributed by atoms with Gasteiger partial charge in [-0.05, 0) is 26.2 Å². The molecule has 1 N–H and O–H groups in total. The molecule has 20 heavy (non-hydrogen) atoms. The average Bonchev–Trinajstić information content (AvgIpc) is 2.48. The average molecular weight is 281 g/mol. The summed E-state index contributed by atoms with van der Waals surface area (Å²) in [6, 6.07) is 0.342. The summed E-state index contributed by atoms with van der Waals surface area (Å²) in [5.41, 5.74) is 0. The first-order chi connectivity index (χ1) is 9.72. The molecule has 7 heteroatoms. The molecule has 0 radical (unpaired) electrons. The van der Waals surface area contributed by atoms with Crippen LogP contribution in [0.25, 0.3) is 0 Å². The van der Waals surface area contributed by atoms with E-state index in [4.69, 9.17) is 9.47 Å². The zero-order chi connectivity index (χ0) is 14.4. The number of methoxy groups -OCH3 is 1. The predicted octanol–water partition coefficient (Wildman–Crippen LogP) is 1.32. The van der Waals surface area contributed by atoms with Crippen LogP contribution >= 0.6 is 0 Å². The molecule has 1 aromatic heterocycles. The summed E-state index contributed by atoms with van der Waals surface area (Å²) in [5, 5.41) is 2.95. The van der Waals surface area contributed by atoms with Crippen molar-refractivity contribution in [2.75, 3.05) is 44.1 Å². The third-order valence-corrected chi connectivity index (χ3v) is 3.17. The largest absolute Gasteiger partial charge is 0.458 e. The van der Waals surface area contributed by atoms with E-state index in [2.05, 4.69) is 25.2 Å². The van der Waals surface area contributed by atoms with Gasteiger partial charge in [0.05, 0.1) is 6.61 Å². The third kappa shape index (κ3) is 3.93. The SMILES string of the molecule is CNc1nc(OC(C)COC)nc(N2CCCCC2)n1. The summed E-state index contributed by atoms with van der Waals surface area (Å²) in [4.78, 5) is 15.2. The molecule has 0 bridgehead atoms. The number of piperidine rings is 1. The highest BCUT2D eigenvalue weighted by molar-refractivity contribution is 5.38. The molecule has 1 saturated heterocycles. The Morgan fingerprint density at radius 2 is 1.95 bits per heavy atom. The van der Waals surface area contributed by atoms with E-state index in [1.54, 1.807) is 14.2 Å². The minimum Gasteiger partial charge on any atom is -0.458 e. The number of aromatic nitrogens is 3. The van der Waals surface area contributed by atoms with E-state index in [1.807, 2.05) is 6.92 Å². The summed E-state index contributed by atoms with van der Waals surface area (Å²) in [5.74, 6) is 1.21. The maximum atomic E-state index is 5.67. The van der Waals surface area contributed by atoms with Gasteiger partial charge in [0.15, 0.2) is 0 Å². The highest BCUT2D eigenvalue weighted by atomic mass is 16.5. The van der Waals surface area contributed by atoms with Crippen LogP contribution in [-0.4, -0.2) is 54.9 Å². The number of anilines is 2. The monoisotopic (exact) mass is 281 g/mol. The smallest absolute Gasteiger partial charge is 0.323 e. The molecule has 2 rings (SSSR count). The second kappa shape index (κ2) is 7.23. The molecule has 0 saturated carbocycles. The standard InChI is InChI=1S/C13H23N5O2/c1-10(9-19-3)20-13-16-11(14-2)15-12(17-13)18-7-5-4-6-8-18/h10H,4-9H2,1-3H3,(H,14,15,16,17). The first-order valence-electron chi connectivity index (χ1n) is 7.07. The van der Waals surface area contributed by atoms with Gasteiger partial charge in [-0.25, -0.2) is 0 Å². The van der Waals surface area contributed by atoms with Gasteiger partial charge in [-0.3, -0.25) is 0 Å². The molecule has 1 aromatic rings. The van der Waals surface area contributed by atoms with Gasteiger partial charge in [0.1, 0.15) is 6.10 Å². The summed E-state index contributed by atoms with van der Waals surface area (Å²) in [6.45, 7) is 4.40. The van der Waals surface area contributed by atoms with Gasteiger partial charge in [0.2, 0.25) is 11.9 Å². The van der Waals surface area contributed by atoms with Crippen LogP contribution in [0.15, 0.2) is 0 Å². The van der Waals surface area contributed by atoms with E-state index in [0.717, 1.165) is 13.1 Å². The Bertz CT molecular complexity index is 423. The molecular formula is C13H23N5O2. The number of nitrogens with one attached hydrogen (secondary N) is 1. The lowest BCUT2D eigenvalue weighted by molar-refractivity contribution is 0.0855. The molecule has 0 spiro atoms. The number of rotatable bonds is 6. The highest BCUT2D eigenvalue weighted by Crippen LogP contribution is 2.19. The highest BCUT2D eigenvalue weighted by Gasteiger charge is 2.17. The summed E-state index contributed by atoms with van der Waals surface area (Å²) >= 11 is 0. The van der Waals surface area contributed by atoms with Crippen molar-refractivity contribution in [2.24, 2.45) is 0 Å². The van der Waals surface area contributed by atoms with Gasteiger partial charge in [0, 0.05) is 27.2 Å². The molecule has 1 unspecified atom stereocenters. The molecule has 1 aliphatic rings. The van der Waals surface area contributed by atoms with Gasteiger partial charge in [0.25, 0.3) is 0 Å². The maximum absolute atomic E-state index is 5.67. The van der Waals surface area contributed by atoms with Crippen molar-refractivity contribution in [2.45, 2.75) is 32.3 Å². The lowest BCUT2D eigenvalue weighted by atomic mass is 10.1. The Kier molecular flexibility index (Phi) is 5.34. The number of ether oxygens (including phenoxy) is 2. The van der Waals surface area contributed by atoms with Crippen LogP contribution in [0.3, 0.4) is 0 Å². The van der Waals surface area contributed by atoms with Crippen molar-refractivity contribution in [3.05, 3.63) is 0 Å². The molecule has 7 nitrogen and oxygen atoms in total. The molecule has 1 fully saturated rings. The topological polar surface area (TPSA) is 72.4 Å². The number of hydrogen-bond acceptors (Lipinski definition) is 7. The minimum atomic E-state index is -0.0960. The van der Waals surface area contributed by atoms with Crippen molar-refractivity contribution in [1.82, 2.24) is 15.0 Å². The quantitative estimate of drug-likeness (QED) is 0.843. The lowest BCUT2D eigenvalue weighted by Crippen LogP contribution is -2.31. The first kappa shape index (κ1) is 14.8. The second-order valence-electron chi connectivity index (χ2n) is 4.92. The Morgan fingerprint density at radius 1 is 1.20 bits per heavy atom. The normalized spacial score (nSPS) is 16.9. The Hall–Kier alpha value is -1.63. The van der Waals surface area contributed by atoms with Crippen LogP contribution in [-0.2, 0) is 4.74 Å².